The van der Waals surface area contributed by atoms with E-state index in [9.17, 15) is 4.79 Å². The lowest BCUT2D eigenvalue weighted by atomic mass is 9.78. The topological polar surface area (TPSA) is 38.8 Å². The van der Waals surface area contributed by atoms with Crippen LogP contribution in [0.25, 0.3) is 0 Å². The first-order valence-corrected chi connectivity index (χ1v) is 11.9. The SMILES string of the molecule is C=CCN(C(=O)OC(C)(C)C)C(C=C)C1CCC(C=CCCOCc2ccccc2)CC1. The maximum atomic E-state index is 12.8. The highest BCUT2D eigenvalue weighted by atomic mass is 16.6. The fourth-order valence-corrected chi connectivity index (χ4v) is 4.24. The standard InChI is InChI=1S/C28H41NO3/c1-6-20-29(27(30)32-28(3,4)5)26(7-2)25-18-16-23(17-19-25)13-11-12-21-31-22-24-14-9-8-10-15-24/h6-11,13-15,23,25-26H,1-2,12,16-22H2,3-5H3. The predicted molar refractivity (Wildman–Crippen MR) is 132 cm³/mol. The molecule has 1 aromatic rings. The Morgan fingerprint density at radius 3 is 2.44 bits per heavy atom. The molecule has 1 aliphatic carbocycles. The fraction of sp³-hybridized carbons (Fsp3) is 0.536. The van der Waals surface area contributed by atoms with Gasteiger partial charge >= 0.3 is 6.09 Å². The molecular weight excluding hydrogens is 398 g/mol. The third-order valence-electron chi connectivity index (χ3n) is 5.80. The van der Waals surface area contributed by atoms with E-state index in [1.807, 2.05) is 45.0 Å². The lowest BCUT2D eigenvalue weighted by Crippen LogP contribution is -2.46. The number of carbonyl (C=O) groups excluding carboxylic acids is 1. The van der Waals surface area contributed by atoms with E-state index in [1.54, 1.807) is 11.0 Å². The number of hydrogen-bond donors (Lipinski definition) is 0. The van der Waals surface area contributed by atoms with Gasteiger partial charge < -0.3 is 9.47 Å². The van der Waals surface area contributed by atoms with Crippen molar-refractivity contribution in [3.05, 3.63) is 73.4 Å². The van der Waals surface area contributed by atoms with Crippen LogP contribution in [0, 0.1) is 11.8 Å². The summed E-state index contributed by atoms with van der Waals surface area (Å²) < 4.78 is 11.4. The van der Waals surface area contributed by atoms with E-state index in [1.165, 1.54) is 5.56 Å². The number of benzene rings is 1. The molecule has 0 aliphatic heterocycles. The van der Waals surface area contributed by atoms with Crippen LogP contribution in [0.15, 0.2) is 67.8 Å². The van der Waals surface area contributed by atoms with Gasteiger partial charge in [0.1, 0.15) is 5.60 Å². The summed E-state index contributed by atoms with van der Waals surface area (Å²) in [7, 11) is 0. The van der Waals surface area contributed by atoms with Crippen LogP contribution in [-0.2, 0) is 16.1 Å². The van der Waals surface area contributed by atoms with E-state index in [0.29, 0.717) is 25.0 Å². The van der Waals surface area contributed by atoms with Gasteiger partial charge in [0.05, 0.1) is 19.3 Å². The number of amides is 1. The first-order valence-electron chi connectivity index (χ1n) is 11.9. The summed E-state index contributed by atoms with van der Waals surface area (Å²) in [5, 5.41) is 0. The Bertz CT molecular complexity index is 727. The van der Waals surface area contributed by atoms with Gasteiger partial charge in [-0.05, 0) is 70.3 Å². The van der Waals surface area contributed by atoms with Crippen LogP contribution < -0.4 is 0 Å². The van der Waals surface area contributed by atoms with Gasteiger partial charge in [-0.3, -0.25) is 4.90 Å². The van der Waals surface area contributed by atoms with E-state index in [4.69, 9.17) is 9.47 Å². The number of ether oxygens (including phenoxy) is 2. The molecule has 0 aromatic heterocycles. The number of nitrogens with zero attached hydrogens (tertiary/aromatic N) is 1. The maximum Gasteiger partial charge on any atom is 0.411 e. The average molecular weight is 440 g/mol. The second-order valence-electron chi connectivity index (χ2n) is 9.58. The van der Waals surface area contributed by atoms with E-state index < -0.39 is 5.60 Å². The minimum atomic E-state index is -0.518. The lowest BCUT2D eigenvalue weighted by molar-refractivity contribution is 0.0153. The molecule has 1 unspecified atom stereocenters. The molecule has 0 heterocycles. The van der Waals surface area contributed by atoms with Crippen LogP contribution in [0.2, 0.25) is 0 Å². The zero-order valence-corrected chi connectivity index (χ0v) is 20.2. The minimum absolute atomic E-state index is 0.0285. The van der Waals surface area contributed by atoms with Crippen LogP contribution in [-0.4, -0.2) is 35.8 Å². The molecule has 1 aliphatic rings. The normalized spacial score (nSPS) is 20.0. The Balaban J connectivity index is 1.77. The van der Waals surface area contributed by atoms with Gasteiger partial charge in [-0.25, -0.2) is 4.79 Å². The summed E-state index contributed by atoms with van der Waals surface area (Å²) in [4.78, 5) is 14.5. The van der Waals surface area contributed by atoms with Crippen LogP contribution >= 0.6 is 0 Å². The molecule has 4 heteroatoms. The van der Waals surface area contributed by atoms with Crippen molar-refractivity contribution >= 4 is 6.09 Å². The van der Waals surface area contributed by atoms with Gasteiger partial charge in [0.25, 0.3) is 0 Å². The van der Waals surface area contributed by atoms with Crippen LogP contribution in [0.3, 0.4) is 0 Å². The summed E-state index contributed by atoms with van der Waals surface area (Å²) in [5.41, 5.74) is 0.693. The second kappa shape index (κ2) is 13.3. The summed E-state index contributed by atoms with van der Waals surface area (Å²) >= 11 is 0. The van der Waals surface area contributed by atoms with Gasteiger partial charge in [-0.2, -0.15) is 0 Å². The molecule has 0 radical (unpaired) electrons. The van der Waals surface area contributed by atoms with Crippen molar-refractivity contribution in [3.8, 4) is 0 Å². The van der Waals surface area contributed by atoms with Gasteiger partial charge in [0, 0.05) is 6.54 Å². The Labute approximate surface area is 195 Å². The van der Waals surface area contributed by atoms with Crippen molar-refractivity contribution in [2.75, 3.05) is 13.2 Å². The van der Waals surface area contributed by atoms with E-state index in [2.05, 4.69) is 37.4 Å². The third-order valence-corrected chi connectivity index (χ3v) is 5.80. The zero-order valence-electron chi connectivity index (χ0n) is 20.2. The van der Waals surface area contributed by atoms with Crippen LogP contribution in [0.4, 0.5) is 4.79 Å². The Morgan fingerprint density at radius 1 is 1.16 bits per heavy atom. The zero-order chi connectivity index (χ0) is 23.4. The van der Waals surface area contributed by atoms with Crippen molar-refractivity contribution < 1.29 is 14.3 Å². The van der Waals surface area contributed by atoms with E-state index >= 15 is 0 Å². The van der Waals surface area contributed by atoms with E-state index in [-0.39, 0.29) is 12.1 Å². The third kappa shape index (κ3) is 9.04. The molecule has 32 heavy (non-hydrogen) atoms. The second-order valence-corrected chi connectivity index (χ2v) is 9.58. The molecule has 0 saturated heterocycles. The quantitative estimate of drug-likeness (QED) is 0.277. The molecule has 4 nitrogen and oxygen atoms in total. The molecule has 0 bridgehead atoms. The van der Waals surface area contributed by atoms with Gasteiger partial charge in [0.2, 0.25) is 0 Å². The molecule has 1 saturated carbocycles. The van der Waals surface area contributed by atoms with Crippen molar-refractivity contribution in [1.82, 2.24) is 4.90 Å². The Hall–Kier alpha value is -2.33. The molecule has 2 rings (SSSR count). The Morgan fingerprint density at radius 2 is 1.84 bits per heavy atom. The van der Waals surface area contributed by atoms with Crippen molar-refractivity contribution in [2.45, 2.75) is 71.1 Å². The average Bonchev–Trinajstić information content (AvgIpc) is 2.76. The van der Waals surface area contributed by atoms with Crippen molar-refractivity contribution in [2.24, 2.45) is 11.8 Å². The molecule has 1 fully saturated rings. The maximum absolute atomic E-state index is 12.8. The summed E-state index contributed by atoms with van der Waals surface area (Å²) in [6.45, 7) is 15.4. The number of hydrogen-bond acceptors (Lipinski definition) is 3. The highest BCUT2D eigenvalue weighted by molar-refractivity contribution is 5.69. The molecule has 1 atom stereocenters. The first kappa shape index (κ1) is 25.9. The van der Waals surface area contributed by atoms with Crippen molar-refractivity contribution in [3.63, 3.8) is 0 Å². The Kier molecular flexibility index (Phi) is 10.8. The molecule has 176 valence electrons. The molecule has 0 spiro atoms. The monoisotopic (exact) mass is 439 g/mol. The predicted octanol–water partition coefficient (Wildman–Crippen LogP) is 6.93. The number of allylic oxidation sites excluding steroid dienone is 1. The summed E-state index contributed by atoms with van der Waals surface area (Å²) in [6, 6.07) is 10.2. The van der Waals surface area contributed by atoms with Gasteiger partial charge in [-0.1, -0.05) is 54.6 Å². The van der Waals surface area contributed by atoms with Gasteiger partial charge in [-0.15, -0.1) is 13.2 Å². The highest BCUT2D eigenvalue weighted by Gasteiger charge is 2.33. The number of rotatable bonds is 11. The first-order chi connectivity index (χ1) is 15.3. The van der Waals surface area contributed by atoms with Crippen molar-refractivity contribution in [1.29, 1.82) is 0 Å². The highest BCUT2D eigenvalue weighted by Crippen LogP contribution is 2.34. The summed E-state index contributed by atoms with van der Waals surface area (Å²) in [5.74, 6) is 0.999. The minimum Gasteiger partial charge on any atom is -0.444 e. The number of carbonyl (C=O) groups is 1. The molecule has 1 aromatic carbocycles. The molecule has 1 amide bonds. The van der Waals surface area contributed by atoms with Gasteiger partial charge in [0.15, 0.2) is 0 Å². The molecule has 0 N–H and O–H groups in total. The van der Waals surface area contributed by atoms with Crippen LogP contribution in [0.1, 0.15) is 58.4 Å². The lowest BCUT2D eigenvalue weighted by Gasteiger charge is -2.38. The fourth-order valence-electron chi connectivity index (χ4n) is 4.24. The largest absolute Gasteiger partial charge is 0.444 e. The van der Waals surface area contributed by atoms with E-state index in [0.717, 1.165) is 38.7 Å². The smallest absolute Gasteiger partial charge is 0.411 e. The van der Waals surface area contributed by atoms with Crippen LogP contribution in [0.5, 0.6) is 0 Å². The molecular formula is C28H41NO3. The summed E-state index contributed by atoms with van der Waals surface area (Å²) in [6.07, 6.45) is 13.3.